The highest BCUT2D eigenvalue weighted by molar-refractivity contribution is 6.40. The molecule has 3 rings (SSSR count). The van der Waals surface area contributed by atoms with Crippen LogP contribution in [0.15, 0.2) is 60.8 Å². The Hall–Kier alpha value is -3.09. The minimum atomic E-state index is -0.440. The van der Waals surface area contributed by atoms with Crippen LogP contribution in [0.3, 0.4) is 0 Å². The Morgan fingerprint density at radius 3 is 2.43 bits per heavy atom. The van der Waals surface area contributed by atoms with Gasteiger partial charge in [0, 0.05) is 17.7 Å². The van der Waals surface area contributed by atoms with Crippen molar-refractivity contribution in [2.45, 2.75) is 6.92 Å². The predicted molar refractivity (Wildman–Crippen MR) is 113 cm³/mol. The average Bonchev–Trinajstić information content (AvgIpc) is 2.67. The van der Waals surface area contributed by atoms with Crippen molar-refractivity contribution in [1.29, 1.82) is 0 Å². The number of hydrogen-bond donors (Lipinski definition) is 3. The summed E-state index contributed by atoms with van der Waals surface area (Å²) in [5.74, 6) is -0.727. The molecule has 0 radical (unpaired) electrons. The van der Waals surface area contributed by atoms with Gasteiger partial charge < -0.3 is 5.32 Å². The lowest BCUT2D eigenvalue weighted by Gasteiger charge is -2.13. The number of aromatic nitrogens is 1. The van der Waals surface area contributed by atoms with Crippen LogP contribution in [-0.4, -0.2) is 16.8 Å². The summed E-state index contributed by atoms with van der Waals surface area (Å²) in [7, 11) is 0. The number of hydrazine groups is 1. The highest BCUT2D eigenvalue weighted by Gasteiger charge is 2.16. The van der Waals surface area contributed by atoms with E-state index in [4.69, 9.17) is 23.2 Å². The van der Waals surface area contributed by atoms with Crippen LogP contribution in [-0.2, 0) is 4.79 Å². The molecule has 0 bridgehead atoms. The van der Waals surface area contributed by atoms with Gasteiger partial charge in [0.05, 0.1) is 32.5 Å². The van der Waals surface area contributed by atoms with Crippen molar-refractivity contribution < 1.29 is 9.59 Å². The van der Waals surface area contributed by atoms with Crippen molar-refractivity contribution in [2.24, 2.45) is 0 Å². The smallest absolute Gasteiger partial charge is 0.261 e. The molecule has 0 saturated carbocycles. The van der Waals surface area contributed by atoms with E-state index in [0.717, 1.165) is 0 Å². The fourth-order valence-corrected chi connectivity index (χ4v) is 3.18. The van der Waals surface area contributed by atoms with Crippen molar-refractivity contribution >= 4 is 57.3 Å². The van der Waals surface area contributed by atoms with Crippen LogP contribution < -0.4 is 16.2 Å². The number of anilines is 2. The van der Waals surface area contributed by atoms with Crippen molar-refractivity contribution in [2.75, 3.05) is 10.7 Å². The van der Waals surface area contributed by atoms with Crippen LogP contribution in [0.25, 0.3) is 10.9 Å². The van der Waals surface area contributed by atoms with Crippen molar-refractivity contribution in [1.82, 2.24) is 10.4 Å². The molecule has 2 aromatic carbocycles. The predicted octanol–water partition coefficient (Wildman–Crippen LogP) is 4.81. The van der Waals surface area contributed by atoms with E-state index in [1.807, 2.05) is 6.07 Å². The molecular formula is C20H16Cl2N4O2. The van der Waals surface area contributed by atoms with Gasteiger partial charge in [0.15, 0.2) is 0 Å². The zero-order valence-electron chi connectivity index (χ0n) is 14.8. The van der Waals surface area contributed by atoms with E-state index in [0.29, 0.717) is 22.3 Å². The van der Waals surface area contributed by atoms with Crippen LogP contribution in [0.4, 0.5) is 11.4 Å². The summed E-state index contributed by atoms with van der Waals surface area (Å²) in [5, 5.41) is 4.03. The van der Waals surface area contributed by atoms with Gasteiger partial charge >= 0.3 is 0 Å². The minimum absolute atomic E-state index is 0.190. The number of carbonyl (C=O) groups is 2. The molecule has 0 aliphatic rings. The van der Waals surface area contributed by atoms with E-state index in [9.17, 15) is 9.59 Å². The molecule has 0 fully saturated rings. The van der Waals surface area contributed by atoms with Crippen LogP contribution in [0.5, 0.6) is 0 Å². The molecular weight excluding hydrogens is 399 g/mol. The van der Waals surface area contributed by atoms with Crippen LogP contribution in [0, 0.1) is 0 Å². The van der Waals surface area contributed by atoms with Crippen LogP contribution in [0.1, 0.15) is 17.3 Å². The summed E-state index contributed by atoms with van der Waals surface area (Å²) < 4.78 is 0. The number of rotatable bonds is 5. The maximum atomic E-state index is 12.7. The number of benzene rings is 2. The van der Waals surface area contributed by atoms with Gasteiger partial charge in [0.2, 0.25) is 0 Å². The third kappa shape index (κ3) is 4.24. The van der Waals surface area contributed by atoms with Gasteiger partial charge in [-0.3, -0.25) is 25.4 Å². The zero-order valence-corrected chi connectivity index (χ0v) is 16.3. The van der Waals surface area contributed by atoms with E-state index < -0.39 is 5.91 Å². The molecule has 28 heavy (non-hydrogen) atoms. The molecule has 0 spiro atoms. The van der Waals surface area contributed by atoms with Crippen LogP contribution >= 0.6 is 23.2 Å². The second kappa shape index (κ2) is 8.73. The van der Waals surface area contributed by atoms with Crippen molar-refractivity contribution in [3.05, 3.63) is 76.4 Å². The van der Waals surface area contributed by atoms with Gasteiger partial charge in [-0.15, -0.1) is 0 Å². The fourth-order valence-electron chi connectivity index (χ4n) is 2.61. The maximum Gasteiger partial charge on any atom is 0.261 e. The molecule has 6 nitrogen and oxygen atoms in total. The number of fused-ring (bicyclic) bond motifs is 1. The SMILES string of the molecule is CC=CC(=O)NNc1ccnc2c(NC(=O)c3c(Cl)cccc3Cl)cccc12. The van der Waals surface area contributed by atoms with Crippen molar-refractivity contribution in [3.63, 3.8) is 0 Å². The van der Waals surface area contributed by atoms with Crippen molar-refractivity contribution in [3.8, 4) is 0 Å². The number of halogens is 2. The number of hydrogen-bond acceptors (Lipinski definition) is 4. The van der Waals surface area contributed by atoms with E-state index in [2.05, 4.69) is 21.2 Å². The number of allylic oxidation sites excluding steroid dienone is 1. The lowest BCUT2D eigenvalue weighted by Crippen LogP contribution is -2.27. The maximum absolute atomic E-state index is 12.7. The Morgan fingerprint density at radius 1 is 1.00 bits per heavy atom. The second-order valence-electron chi connectivity index (χ2n) is 5.73. The molecule has 0 unspecified atom stereocenters. The number of pyridine rings is 1. The first-order valence-corrected chi connectivity index (χ1v) is 9.08. The normalized spacial score (nSPS) is 10.8. The summed E-state index contributed by atoms with van der Waals surface area (Å²) in [6.45, 7) is 1.75. The Kier molecular flexibility index (Phi) is 6.13. The molecule has 142 valence electrons. The standard InChI is InChI=1S/C20H16Cl2N4O2/c1-2-5-17(27)26-25-15-10-11-23-19-12(15)6-3-9-16(19)24-20(28)18-13(21)7-4-8-14(18)22/h2-11H,1H3,(H,23,25)(H,24,28)(H,26,27). The molecule has 3 aromatic rings. The summed E-state index contributed by atoms with van der Waals surface area (Å²) >= 11 is 12.2. The molecule has 1 aromatic heterocycles. The van der Waals surface area contributed by atoms with Gasteiger partial charge in [-0.05, 0) is 31.2 Å². The Bertz CT molecular complexity index is 1060. The van der Waals surface area contributed by atoms with Gasteiger partial charge in [-0.1, -0.05) is 47.5 Å². The topological polar surface area (TPSA) is 83.1 Å². The number of nitrogens with zero attached hydrogens (tertiary/aromatic N) is 1. The molecule has 0 saturated heterocycles. The highest BCUT2D eigenvalue weighted by atomic mass is 35.5. The average molecular weight is 415 g/mol. The molecule has 8 heteroatoms. The largest absolute Gasteiger partial charge is 0.320 e. The molecule has 0 atom stereocenters. The first-order valence-electron chi connectivity index (χ1n) is 8.33. The van der Waals surface area contributed by atoms with Crippen LogP contribution in [0.2, 0.25) is 10.0 Å². The molecule has 1 heterocycles. The van der Waals surface area contributed by atoms with E-state index in [1.54, 1.807) is 55.6 Å². The lowest BCUT2D eigenvalue weighted by molar-refractivity contribution is -0.116. The van der Waals surface area contributed by atoms with E-state index in [-0.39, 0.29) is 21.5 Å². The molecule has 2 amide bonds. The number of nitrogens with one attached hydrogen (secondary N) is 3. The van der Waals surface area contributed by atoms with Gasteiger partial charge in [0.1, 0.15) is 0 Å². The molecule has 3 N–H and O–H groups in total. The lowest BCUT2D eigenvalue weighted by atomic mass is 10.1. The summed E-state index contributed by atoms with van der Waals surface area (Å²) in [5.41, 5.74) is 7.28. The number of carbonyl (C=O) groups excluding carboxylic acids is 2. The second-order valence-corrected chi connectivity index (χ2v) is 6.54. The van der Waals surface area contributed by atoms with E-state index in [1.165, 1.54) is 6.08 Å². The Balaban J connectivity index is 1.92. The summed E-state index contributed by atoms with van der Waals surface area (Å²) in [6, 6.07) is 11.9. The Morgan fingerprint density at radius 2 is 1.71 bits per heavy atom. The fraction of sp³-hybridized carbons (Fsp3) is 0.0500. The monoisotopic (exact) mass is 414 g/mol. The van der Waals surface area contributed by atoms with Gasteiger partial charge in [-0.25, -0.2) is 0 Å². The molecule has 0 aliphatic carbocycles. The first kappa shape index (κ1) is 19.7. The first-order chi connectivity index (χ1) is 13.5. The van der Waals surface area contributed by atoms with Gasteiger partial charge in [0.25, 0.3) is 11.8 Å². The zero-order chi connectivity index (χ0) is 20.1. The summed E-state index contributed by atoms with van der Waals surface area (Å²) in [6.07, 6.45) is 4.61. The minimum Gasteiger partial charge on any atom is -0.320 e. The number of para-hydroxylation sites is 1. The Labute approximate surface area is 171 Å². The quantitative estimate of drug-likeness (QED) is 0.413. The number of amides is 2. The third-order valence-corrected chi connectivity index (χ3v) is 4.48. The van der Waals surface area contributed by atoms with E-state index >= 15 is 0 Å². The summed E-state index contributed by atoms with van der Waals surface area (Å²) in [4.78, 5) is 28.7. The molecule has 0 aliphatic heterocycles. The highest BCUT2D eigenvalue weighted by Crippen LogP contribution is 2.29. The van der Waals surface area contributed by atoms with Gasteiger partial charge in [-0.2, -0.15) is 0 Å². The third-order valence-electron chi connectivity index (χ3n) is 3.85.